The molecule has 1 fully saturated rings. The van der Waals surface area contributed by atoms with Gasteiger partial charge in [0.25, 0.3) is 0 Å². The molecule has 0 spiro atoms. The first-order chi connectivity index (χ1) is 9.69. The third-order valence-electron chi connectivity index (χ3n) is 3.27. The minimum absolute atomic E-state index is 0.0395. The van der Waals surface area contributed by atoms with Crippen molar-refractivity contribution < 1.29 is 14.6 Å². The van der Waals surface area contributed by atoms with E-state index in [2.05, 4.69) is 17.2 Å². The van der Waals surface area contributed by atoms with E-state index in [-0.39, 0.29) is 24.5 Å². The number of carbonyl (C=O) groups is 1. The smallest absolute Gasteiger partial charge is 0.225 e. The van der Waals surface area contributed by atoms with Gasteiger partial charge in [-0.3, -0.25) is 4.79 Å². The normalized spacial score (nSPS) is 21.1. The Labute approximate surface area is 119 Å². The summed E-state index contributed by atoms with van der Waals surface area (Å²) in [6.07, 6.45) is 0.955. The molecule has 1 aromatic rings. The van der Waals surface area contributed by atoms with Crippen molar-refractivity contribution in [2.45, 2.75) is 26.0 Å². The number of hydrogen-bond donors (Lipinski definition) is 2. The third-order valence-corrected chi connectivity index (χ3v) is 3.27. The number of benzene rings is 1. The molecule has 2 unspecified atom stereocenters. The highest BCUT2D eigenvalue weighted by molar-refractivity contribution is 5.79. The van der Waals surface area contributed by atoms with Crippen LogP contribution in [0.3, 0.4) is 0 Å². The average Bonchev–Trinajstić information content (AvgIpc) is 2.90. The van der Waals surface area contributed by atoms with E-state index in [1.54, 1.807) is 0 Å². The standard InChI is InChI=1S/C16H19NO3/c1-12-8-15(11-20-12)16(19)17-10-14-5-2-4-13(9-14)6-3-7-18/h2,4-5,9,12,15,18H,7-8,10-11H2,1H3,(H,17,19). The summed E-state index contributed by atoms with van der Waals surface area (Å²) in [6.45, 7) is 2.82. The summed E-state index contributed by atoms with van der Waals surface area (Å²) in [7, 11) is 0. The molecule has 1 aliphatic rings. The monoisotopic (exact) mass is 273 g/mol. The van der Waals surface area contributed by atoms with Crippen LogP contribution in [0.2, 0.25) is 0 Å². The second kappa shape index (κ2) is 7.09. The second-order valence-electron chi connectivity index (χ2n) is 4.95. The van der Waals surface area contributed by atoms with Gasteiger partial charge >= 0.3 is 0 Å². The van der Waals surface area contributed by atoms with Crippen molar-refractivity contribution >= 4 is 5.91 Å². The van der Waals surface area contributed by atoms with Gasteiger partial charge in [0.05, 0.1) is 18.6 Å². The van der Waals surface area contributed by atoms with Crippen LogP contribution in [0.5, 0.6) is 0 Å². The Bertz CT molecular complexity index is 530. The summed E-state index contributed by atoms with van der Waals surface area (Å²) >= 11 is 0. The Balaban J connectivity index is 1.89. The van der Waals surface area contributed by atoms with Crippen molar-refractivity contribution in [2.24, 2.45) is 5.92 Å². The highest BCUT2D eigenvalue weighted by Crippen LogP contribution is 2.19. The van der Waals surface area contributed by atoms with E-state index in [1.807, 2.05) is 31.2 Å². The number of ether oxygens (including phenoxy) is 1. The molecule has 2 N–H and O–H groups in total. The van der Waals surface area contributed by atoms with Crippen LogP contribution in [0, 0.1) is 17.8 Å². The first kappa shape index (κ1) is 14.6. The lowest BCUT2D eigenvalue weighted by Crippen LogP contribution is -2.30. The SMILES string of the molecule is CC1CC(C(=O)NCc2cccc(C#CCO)c2)CO1. The summed E-state index contributed by atoms with van der Waals surface area (Å²) in [4.78, 5) is 12.0. The van der Waals surface area contributed by atoms with Crippen LogP contribution in [0.15, 0.2) is 24.3 Å². The topological polar surface area (TPSA) is 58.6 Å². The molecule has 4 heteroatoms. The number of aliphatic hydroxyl groups excluding tert-OH is 1. The van der Waals surface area contributed by atoms with Crippen molar-refractivity contribution in [3.63, 3.8) is 0 Å². The van der Waals surface area contributed by atoms with E-state index in [0.29, 0.717) is 13.2 Å². The number of nitrogens with one attached hydrogen (secondary N) is 1. The molecular weight excluding hydrogens is 254 g/mol. The molecular formula is C16H19NO3. The largest absolute Gasteiger partial charge is 0.384 e. The first-order valence-corrected chi connectivity index (χ1v) is 6.77. The predicted molar refractivity (Wildman–Crippen MR) is 75.8 cm³/mol. The Morgan fingerprint density at radius 2 is 2.40 bits per heavy atom. The zero-order valence-corrected chi connectivity index (χ0v) is 11.6. The van der Waals surface area contributed by atoms with Gasteiger partial charge in [-0.1, -0.05) is 24.0 Å². The fraction of sp³-hybridized carbons (Fsp3) is 0.438. The van der Waals surface area contributed by atoms with Gasteiger partial charge in [0.2, 0.25) is 5.91 Å². The van der Waals surface area contributed by atoms with Gasteiger partial charge < -0.3 is 15.2 Å². The van der Waals surface area contributed by atoms with Crippen molar-refractivity contribution in [2.75, 3.05) is 13.2 Å². The van der Waals surface area contributed by atoms with Crippen LogP contribution in [0.4, 0.5) is 0 Å². The first-order valence-electron chi connectivity index (χ1n) is 6.77. The molecule has 2 atom stereocenters. The summed E-state index contributed by atoms with van der Waals surface area (Å²) in [5.74, 6) is 5.46. The fourth-order valence-corrected chi connectivity index (χ4v) is 2.23. The predicted octanol–water partition coefficient (Wildman–Crippen LogP) is 1.07. The summed E-state index contributed by atoms with van der Waals surface area (Å²) in [5, 5.41) is 11.6. The Morgan fingerprint density at radius 1 is 1.55 bits per heavy atom. The van der Waals surface area contributed by atoms with Crippen LogP contribution < -0.4 is 5.32 Å². The lowest BCUT2D eigenvalue weighted by Gasteiger charge is -2.09. The van der Waals surface area contributed by atoms with Crippen molar-refractivity contribution in [3.8, 4) is 11.8 Å². The number of amides is 1. The van der Waals surface area contributed by atoms with Gasteiger partial charge in [-0.2, -0.15) is 0 Å². The molecule has 0 radical (unpaired) electrons. The number of carbonyl (C=O) groups excluding carboxylic acids is 1. The Hall–Kier alpha value is -1.83. The molecule has 2 rings (SSSR count). The van der Waals surface area contributed by atoms with Gasteiger partial charge in [-0.15, -0.1) is 0 Å². The maximum Gasteiger partial charge on any atom is 0.225 e. The number of aliphatic hydroxyl groups is 1. The van der Waals surface area contributed by atoms with E-state index in [0.717, 1.165) is 17.5 Å². The van der Waals surface area contributed by atoms with E-state index >= 15 is 0 Å². The molecule has 4 nitrogen and oxygen atoms in total. The van der Waals surface area contributed by atoms with Crippen molar-refractivity contribution in [1.29, 1.82) is 0 Å². The van der Waals surface area contributed by atoms with E-state index in [4.69, 9.17) is 9.84 Å². The summed E-state index contributed by atoms with van der Waals surface area (Å²) in [5.41, 5.74) is 1.83. The number of hydrogen-bond acceptors (Lipinski definition) is 3. The van der Waals surface area contributed by atoms with E-state index < -0.39 is 0 Å². The lowest BCUT2D eigenvalue weighted by molar-refractivity contribution is -0.125. The zero-order valence-electron chi connectivity index (χ0n) is 11.6. The third kappa shape index (κ3) is 4.09. The van der Waals surface area contributed by atoms with Crippen molar-refractivity contribution in [1.82, 2.24) is 5.32 Å². The molecule has 0 saturated carbocycles. The van der Waals surface area contributed by atoms with Crippen LogP contribution >= 0.6 is 0 Å². The molecule has 1 aromatic carbocycles. The second-order valence-corrected chi connectivity index (χ2v) is 4.95. The fourth-order valence-electron chi connectivity index (χ4n) is 2.23. The molecule has 106 valence electrons. The van der Waals surface area contributed by atoms with E-state index in [1.165, 1.54) is 0 Å². The van der Waals surface area contributed by atoms with Gasteiger partial charge in [-0.25, -0.2) is 0 Å². The molecule has 1 heterocycles. The highest BCUT2D eigenvalue weighted by atomic mass is 16.5. The van der Waals surface area contributed by atoms with Crippen LogP contribution in [0.25, 0.3) is 0 Å². The maximum absolute atomic E-state index is 12.0. The Morgan fingerprint density at radius 3 is 3.10 bits per heavy atom. The Kier molecular flexibility index (Phi) is 5.16. The molecule has 0 aliphatic carbocycles. The minimum atomic E-state index is -0.152. The van der Waals surface area contributed by atoms with Gasteiger partial charge in [-0.05, 0) is 31.0 Å². The van der Waals surface area contributed by atoms with Crippen LogP contribution in [-0.2, 0) is 16.1 Å². The maximum atomic E-state index is 12.0. The van der Waals surface area contributed by atoms with Gasteiger partial charge in [0, 0.05) is 12.1 Å². The van der Waals surface area contributed by atoms with Crippen LogP contribution in [-0.4, -0.2) is 30.3 Å². The summed E-state index contributed by atoms with van der Waals surface area (Å²) < 4.78 is 5.40. The van der Waals surface area contributed by atoms with E-state index in [9.17, 15) is 4.79 Å². The molecule has 1 aliphatic heterocycles. The quantitative estimate of drug-likeness (QED) is 0.810. The molecule has 0 aromatic heterocycles. The van der Waals surface area contributed by atoms with Crippen molar-refractivity contribution in [3.05, 3.63) is 35.4 Å². The minimum Gasteiger partial charge on any atom is -0.384 e. The van der Waals surface area contributed by atoms with Crippen LogP contribution in [0.1, 0.15) is 24.5 Å². The lowest BCUT2D eigenvalue weighted by atomic mass is 10.1. The average molecular weight is 273 g/mol. The molecule has 1 saturated heterocycles. The van der Waals surface area contributed by atoms with Gasteiger partial charge in [0.15, 0.2) is 0 Å². The molecule has 0 bridgehead atoms. The molecule has 1 amide bonds. The molecule has 20 heavy (non-hydrogen) atoms. The number of rotatable bonds is 3. The zero-order chi connectivity index (χ0) is 14.4. The summed E-state index contributed by atoms with van der Waals surface area (Å²) in [6, 6.07) is 7.62. The highest BCUT2D eigenvalue weighted by Gasteiger charge is 2.27. The van der Waals surface area contributed by atoms with Gasteiger partial charge in [0.1, 0.15) is 6.61 Å².